The average molecular weight is 375 g/mol. The number of halogens is 1. The second-order valence-electron chi connectivity index (χ2n) is 5.19. The number of aromatic amines is 1. The Morgan fingerprint density at radius 2 is 1.96 bits per heavy atom. The van der Waals surface area contributed by atoms with Gasteiger partial charge in [0.05, 0.1) is 12.3 Å². The molecule has 0 fully saturated rings. The molecule has 2 aromatic heterocycles. The molecule has 9 heteroatoms. The first-order valence-electron chi connectivity index (χ1n) is 6.82. The van der Waals surface area contributed by atoms with Gasteiger partial charge in [0.1, 0.15) is 0 Å². The monoisotopic (exact) mass is 374 g/mol. The number of fused-ring (bicyclic) bond motifs is 3. The average Bonchev–Trinajstić information content (AvgIpc) is 2.92. The number of nitrogens with zero attached hydrogens (tertiary/aromatic N) is 4. The van der Waals surface area contributed by atoms with E-state index in [1.807, 2.05) is 24.3 Å². The predicted octanol–water partition coefficient (Wildman–Crippen LogP) is 1.02. The fourth-order valence-corrected chi connectivity index (χ4v) is 2.84. The molecule has 0 spiro atoms. The number of imidazole rings is 1. The van der Waals surface area contributed by atoms with Crippen molar-refractivity contribution in [1.82, 2.24) is 19.1 Å². The molecular formula is C14H11BrN6O2. The number of rotatable bonds is 1. The molecular weight excluding hydrogens is 364 g/mol. The van der Waals surface area contributed by atoms with E-state index in [0.29, 0.717) is 23.7 Å². The molecule has 116 valence electrons. The fourth-order valence-electron chi connectivity index (χ4n) is 2.57. The van der Waals surface area contributed by atoms with Gasteiger partial charge < -0.3 is 0 Å². The number of hydrazone groups is 1. The van der Waals surface area contributed by atoms with E-state index in [9.17, 15) is 9.59 Å². The minimum absolute atomic E-state index is 0.327. The van der Waals surface area contributed by atoms with Crippen LogP contribution in [-0.4, -0.2) is 24.8 Å². The van der Waals surface area contributed by atoms with Gasteiger partial charge in [-0.3, -0.25) is 18.9 Å². The van der Waals surface area contributed by atoms with Gasteiger partial charge in [-0.25, -0.2) is 10.2 Å². The second kappa shape index (κ2) is 4.92. The number of hydrogen-bond acceptors (Lipinski definition) is 5. The minimum atomic E-state index is -0.494. The first kappa shape index (κ1) is 13.9. The maximum Gasteiger partial charge on any atom is 0.329 e. The van der Waals surface area contributed by atoms with E-state index in [1.54, 1.807) is 11.6 Å². The zero-order valence-corrected chi connectivity index (χ0v) is 13.6. The Labute approximate surface area is 137 Å². The molecule has 8 nitrogen and oxygen atoms in total. The molecule has 0 atom stereocenters. The minimum Gasteiger partial charge on any atom is -0.297 e. The van der Waals surface area contributed by atoms with Gasteiger partial charge in [0.2, 0.25) is 5.95 Å². The van der Waals surface area contributed by atoms with E-state index in [0.717, 1.165) is 15.7 Å². The maximum absolute atomic E-state index is 12.2. The van der Waals surface area contributed by atoms with E-state index in [1.165, 1.54) is 4.57 Å². The second-order valence-corrected chi connectivity index (χ2v) is 6.10. The van der Waals surface area contributed by atoms with Gasteiger partial charge in [-0.2, -0.15) is 10.1 Å². The quantitative estimate of drug-likeness (QED) is 0.664. The molecule has 2 N–H and O–H groups in total. The summed E-state index contributed by atoms with van der Waals surface area (Å²) < 4.78 is 4.01. The van der Waals surface area contributed by atoms with Crippen LogP contribution in [0.3, 0.4) is 0 Å². The number of aryl methyl sites for hydroxylation is 1. The highest BCUT2D eigenvalue weighted by molar-refractivity contribution is 9.10. The molecule has 0 radical (unpaired) electrons. The van der Waals surface area contributed by atoms with Gasteiger partial charge >= 0.3 is 5.69 Å². The highest BCUT2D eigenvalue weighted by Crippen LogP contribution is 2.21. The van der Waals surface area contributed by atoms with Crippen molar-refractivity contribution >= 4 is 38.8 Å². The van der Waals surface area contributed by atoms with Crippen LogP contribution >= 0.6 is 15.9 Å². The molecule has 0 bridgehead atoms. The Morgan fingerprint density at radius 1 is 1.22 bits per heavy atom. The molecule has 0 saturated heterocycles. The molecule has 1 aliphatic rings. The summed E-state index contributed by atoms with van der Waals surface area (Å²) in [7, 11) is 1.57. The summed E-state index contributed by atoms with van der Waals surface area (Å²) in [4.78, 5) is 30.5. The number of anilines is 1. The molecule has 23 heavy (non-hydrogen) atoms. The molecule has 0 saturated carbocycles. The van der Waals surface area contributed by atoms with Crippen molar-refractivity contribution in [1.29, 1.82) is 0 Å². The van der Waals surface area contributed by atoms with Gasteiger partial charge in [0.15, 0.2) is 11.2 Å². The summed E-state index contributed by atoms with van der Waals surface area (Å²) in [6.45, 7) is 0.391. The molecule has 1 aromatic carbocycles. The van der Waals surface area contributed by atoms with Crippen molar-refractivity contribution in [3.8, 4) is 0 Å². The van der Waals surface area contributed by atoms with E-state index < -0.39 is 11.2 Å². The fraction of sp³-hybridized carbons (Fsp3) is 0.143. The zero-order valence-electron chi connectivity index (χ0n) is 12.0. The van der Waals surface area contributed by atoms with Crippen LogP contribution in [0.4, 0.5) is 5.95 Å². The van der Waals surface area contributed by atoms with E-state index in [2.05, 4.69) is 36.4 Å². The van der Waals surface area contributed by atoms with Gasteiger partial charge in [0.25, 0.3) is 5.56 Å². The SMILES string of the molecule is Cn1c(=O)[nH]c(=O)c2c1nc1n2CC(c2ccc(Br)cc2)=NN1. The summed E-state index contributed by atoms with van der Waals surface area (Å²) in [5.41, 5.74) is 4.29. The number of H-pyrrole nitrogens is 1. The molecule has 3 heterocycles. The maximum atomic E-state index is 12.2. The standard InChI is InChI=1S/C14H11BrN6O2/c1-20-11-10(12(22)17-14(20)23)21-6-9(18-19-13(21)16-11)7-2-4-8(15)5-3-7/h2-5H,6H2,1H3,(H,16,19)(H,17,22,23). The topological polar surface area (TPSA) is 97.1 Å². The summed E-state index contributed by atoms with van der Waals surface area (Å²) in [6.07, 6.45) is 0. The number of aromatic nitrogens is 4. The Morgan fingerprint density at radius 3 is 2.70 bits per heavy atom. The highest BCUT2D eigenvalue weighted by atomic mass is 79.9. The molecule has 4 rings (SSSR count). The summed E-state index contributed by atoms with van der Waals surface area (Å²) in [6, 6.07) is 7.73. The normalized spacial score (nSPS) is 13.6. The Kier molecular flexibility index (Phi) is 2.98. The Hall–Kier alpha value is -2.68. The van der Waals surface area contributed by atoms with E-state index in [-0.39, 0.29) is 0 Å². The largest absolute Gasteiger partial charge is 0.329 e. The number of nitrogens with one attached hydrogen (secondary N) is 2. The summed E-state index contributed by atoms with van der Waals surface area (Å²) in [5.74, 6) is 0.438. The van der Waals surface area contributed by atoms with Crippen molar-refractivity contribution in [3.63, 3.8) is 0 Å². The lowest BCUT2D eigenvalue weighted by Gasteiger charge is -2.16. The first-order valence-corrected chi connectivity index (χ1v) is 7.62. The predicted molar refractivity (Wildman–Crippen MR) is 89.9 cm³/mol. The molecule has 0 aliphatic carbocycles. The third kappa shape index (κ3) is 2.12. The van der Waals surface area contributed by atoms with Gasteiger partial charge in [-0.05, 0) is 17.7 Å². The van der Waals surface area contributed by atoms with Crippen molar-refractivity contribution < 1.29 is 0 Å². The lowest BCUT2D eigenvalue weighted by molar-refractivity contribution is 0.821. The lowest BCUT2D eigenvalue weighted by Crippen LogP contribution is -2.30. The number of hydrogen-bond donors (Lipinski definition) is 2. The van der Waals surface area contributed by atoms with Crippen LogP contribution < -0.4 is 16.7 Å². The summed E-state index contributed by atoms with van der Waals surface area (Å²) in [5, 5.41) is 4.32. The van der Waals surface area contributed by atoms with E-state index in [4.69, 9.17) is 0 Å². The van der Waals surface area contributed by atoms with Gasteiger partial charge in [-0.1, -0.05) is 28.1 Å². The van der Waals surface area contributed by atoms with Crippen molar-refractivity contribution in [2.75, 3.05) is 5.43 Å². The van der Waals surface area contributed by atoms with Crippen LogP contribution in [0.5, 0.6) is 0 Å². The van der Waals surface area contributed by atoms with Gasteiger partial charge in [0, 0.05) is 11.5 Å². The van der Waals surface area contributed by atoms with Crippen LogP contribution in [-0.2, 0) is 13.6 Å². The van der Waals surface area contributed by atoms with Crippen LogP contribution in [0, 0.1) is 0 Å². The van der Waals surface area contributed by atoms with Crippen molar-refractivity contribution in [2.45, 2.75) is 6.54 Å². The first-order chi connectivity index (χ1) is 11.0. The molecule has 0 unspecified atom stereocenters. The summed E-state index contributed by atoms with van der Waals surface area (Å²) >= 11 is 3.40. The molecule has 3 aromatic rings. The van der Waals surface area contributed by atoms with Crippen LogP contribution in [0.2, 0.25) is 0 Å². The smallest absolute Gasteiger partial charge is 0.297 e. The third-order valence-electron chi connectivity index (χ3n) is 3.78. The van der Waals surface area contributed by atoms with Gasteiger partial charge in [-0.15, -0.1) is 0 Å². The lowest BCUT2D eigenvalue weighted by atomic mass is 10.1. The van der Waals surface area contributed by atoms with Crippen LogP contribution in [0.25, 0.3) is 11.2 Å². The van der Waals surface area contributed by atoms with E-state index >= 15 is 0 Å². The Balaban J connectivity index is 1.87. The molecule has 0 amide bonds. The Bertz CT molecular complexity index is 1070. The third-order valence-corrected chi connectivity index (χ3v) is 4.31. The van der Waals surface area contributed by atoms with Crippen LogP contribution in [0.1, 0.15) is 5.56 Å². The van der Waals surface area contributed by atoms with Crippen molar-refractivity contribution in [3.05, 3.63) is 55.1 Å². The van der Waals surface area contributed by atoms with Crippen molar-refractivity contribution in [2.24, 2.45) is 12.1 Å². The zero-order chi connectivity index (χ0) is 16.1. The van der Waals surface area contributed by atoms with Crippen LogP contribution in [0.15, 0.2) is 43.4 Å². The highest BCUT2D eigenvalue weighted by Gasteiger charge is 2.21. The molecule has 1 aliphatic heterocycles. The number of benzene rings is 1.